The van der Waals surface area contributed by atoms with E-state index >= 15 is 0 Å². The van der Waals surface area contributed by atoms with Crippen LogP contribution < -0.4 is 22.2 Å². The molecular weight excluding hydrogens is 1500 g/mol. The second kappa shape index (κ2) is 39.1. The first kappa shape index (κ1) is 83.1. The first-order valence-electron chi connectivity index (χ1n) is 32.0. The quantitative estimate of drug-likeness (QED) is 0.0485. The number of carbonyl (C=O) groups excluding carboxylic acids is 3. The predicted molar refractivity (Wildman–Crippen MR) is 378 cm³/mol. The van der Waals surface area contributed by atoms with Gasteiger partial charge in [0, 0.05) is 93.3 Å². The fourth-order valence-electron chi connectivity index (χ4n) is 10.6. The Hall–Kier alpha value is -6.52. The Morgan fingerprint density at radius 3 is 1.26 bits per heavy atom. The molecule has 3 amide bonds. The van der Waals surface area contributed by atoms with Crippen LogP contribution in [0.15, 0.2) is 94.5 Å². The minimum absolute atomic E-state index is 0.0130. The van der Waals surface area contributed by atoms with Gasteiger partial charge in [0.15, 0.2) is 0 Å². The molecule has 6 aromatic rings. The van der Waals surface area contributed by atoms with Gasteiger partial charge in [0.2, 0.25) is 5.91 Å². The lowest BCUT2D eigenvalue weighted by Crippen LogP contribution is -2.42. The van der Waals surface area contributed by atoms with Crippen LogP contribution in [-0.4, -0.2) is 116 Å². The largest absolute Gasteiger partial charge is 0.444 e. The van der Waals surface area contributed by atoms with Crippen LogP contribution in [0.3, 0.4) is 0 Å². The molecule has 99 heavy (non-hydrogen) atoms. The first-order valence-corrected chi connectivity index (χ1v) is 34.6. The second-order valence-corrected chi connectivity index (χ2v) is 28.9. The van der Waals surface area contributed by atoms with Gasteiger partial charge in [-0.15, -0.1) is 0 Å². The van der Waals surface area contributed by atoms with Crippen LogP contribution in [0.4, 0.5) is 50.5 Å². The molecule has 4 fully saturated rings. The number of nitrogens with zero attached hydrogens (tertiary/aromatic N) is 7. The Morgan fingerprint density at radius 2 is 0.889 bits per heavy atom. The molecule has 2 aromatic heterocycles. The second-order valence-electron chi connectivity index (χ2n) is 26.2. The number of aromatic nitrogens is 4. The molecule has 0 saturated carbocycles. The third-order valence-electron chi connectivity index (χ3n) is 15.8. The first-order chi connectivity index (χ1) is 46.3. The molecule has 6 heterocycles. The summed E-state index contributed by atoms with van der Waals surface area (Å²) in [7, 11) is 3.10. The summed E-state index contributed by atoms with van der Waals surface area (Å²) < 4.78 is 118. The van der Waals surface area contributed by atoms with Gasteiger partial charge in [-0.2, -0.15) is 10.2 Å². The molecule has 0 unspecified atom stereocenters. The summed E-state index contributed by atoms with van der Waals surface area (Å²) in [5, 5.41) is 11.0. The number of likely N-dealkylation sites (tertiary alicyclic amines) is 3. The summed E-state index contributed by atoms with van der Waals surface area (Å²) >= 11 is 24.8. The van der Waals surface area contributed by atoms with Gasteiger partial charge in [0.1, 0.15) is 63.6 Å². The third-order valence-corrected chi connectivity index (χ3v) is 18.6. The van der Waals surface area contributed by atoms with Crippen molar-refractivity contribution < 1.29 is 59.0 Å². The number of benzene rings is 4. The SMILES string of the molecule is C=C1CCN(C(=O)OC(C)(C)C)CC1.CC(C)(C)OC(=O)N1CCC(Cc2cc(F)cc(F)c2Cl)CC1.Cn1nc(CC(=O)N2CCC(Cc3cc(F)cc(F)c3Cl)CC2)ccc1=O.Cn1nc(N)ccc1=O.Fc1cc(F)c(Cl)c(CC2CCNCC2)c1.Fc1cc(F)c(Cl)c(I)c1. The van der Waals surface area contributed by atoms with Crippen molar-refractivity contribution in [3.63, 3.8) is 0 Å². The lowest BCUT2D eigenvalue weighted by Gasteiger charge is -2.33. The fraction of sp³-hybridized carbons (Fsp3) is 0.471. The zero-order chi connectivity index (χ0) is 73.6. The van der Waals surface area contributed by atoms with E-state index in [2.05, 4.69) is 22.1 Å². The number of hydrogen-bond donors (Lipinski definition) is 2. The molecule has 10 rings (SSSR count). The van der Waals surface area contributed by atoms with E-state index < -0.39 is 57.7 Å². The molecule has 0 radical (unpaired) electrons. The summed E-state index contributed by atoms with van der Waals surface area (Å²) in [6.07, 6.45) is 8.14. The number of halogens is 13. The molecule has 0 spiro atoms. The van der Waals surface area contributed by atoms with Gasteiger partial charge >= 0.3 is 12.2 Å². The van der Waals surface area contributed by atoms with Crippen LogP contribution >= 0.6 is 69.0 Å². The number of amides is 3. The maximum absolute atomic E-state index is 13.6. The van der Waals surface area contributed by atoms with E-state index in [-0.39, 0.29) is 67.6 Å². The van der Waals surface area contributed by atoms with E-state index in [0.717, 1.165) is 102 Å². The van der Waals surface area contributed by atoms with Crippen molar-refractivity contribution in [2.45, 2.75) is 130 Å². The highest BCUT2D eigenvalue weighted by Gasteiger charge is 2.29. The van der Waals surface area contributed by atoms with Gasteiger partial charge < -0.3 is 35.2 Å². The van der Waals surface area contributed by atoms with E-state index in [0.29, 0.717) is 83.1 Å². The number of ether oxygens (including phenoxy) is 2. The molecular formula is C70H84Cl4F8IN9O7. The lowest BCUT2D eigenvalue weighted by atomic mass is 9.90. The summed E-state index contributed by atoms with van der Waals surface area (Å²) in [6.45, 7) is 20.8. The number of piperidine rings is 4. The smallest absolute Gasteiger partial charge is 0.410 e. The Labute approximate surface area is 605 Å². The third kappa shape index (κ3) is 28.8. The monoisotopic (exact) mass is 1580 g/mol. The summed E-state index contributed by atoms with van der Waals surface area (Å²) in [6, 6.07) is 14.0. The van der Waals surface area contributed by atoms with Gasteiger partial charge in [-0.1, -0.05) is 58.6 Å². The van der Waals surface area contributed by atoms with Crippen molar-refractivity contribution in [1.29, 1.82) is 0 Å². The molecule has 4 aromatic carbocycles. The predicted octanol–water partition coefficient (Wildman–Crippen LogP) is 15.9. The van der Waals surface area contributed by atoms with Crippen molar-refractivity contribution in [1.82, 2.24) is 39.6 Å². The molecule has 0 aliphatic carbocycles. The Bertz CT molecular complexity index is 3830. The standard InChI is InChI=1S/C19H20ClF2N3O2.C17H22ClF2NO2.C12H14ClF2N.C11H19NO2.C6H2ClF2I.C5H7N3O/c1-24-17(26)3-2-15(23-24)11-18(27)25-6-4-12(5-7-25)8-13-9-14(21)10-16(22)19(13)20;1-17(2,3)23-16(22)21-6-4-11(5-7-21)8-12-9-13(19)10-14(20)15(12)18;13-12-9(6-10(14)7-11(12)15)5-8-1-3-16-4-2-8;1-9-5-7-12(8-6-9)10(13)14-11(2,3)4;7-6-4(9)1-3(8)2-5(6)10;1-8-5(9)3-2-4(6)7-8/h2-3,9-10,12H,4-8,11H2,1H3;9-11H,4-8H2,1-3H3;6-8,16H,1-5H2;1,5-8H2,2-4H3;1-2H;2-3H,1H3,(H2,6,7). The molecule has 542 valence electrons. The average molecular weight is 1580 g/mol. The summed E-state index contributed by atoms with van der Waals surface area (Å²) in [5.74, 6) is -4.02. The van der Waals surface area contributed by atoms with Crippen molar-refractivity contribution in [3.8, 4) is 0 Å². The minimum atomic E-state index is -0.746. The molecule has 4 aliphatic heterocycles. The molecule has 16 nitrogen and oxygen atoms in total. The van der Waals surface area contributed by atoms with E-state index in [9.17, 15) is 59.1 Å². The Morgan fingerprint density at radius 1 is 0.535 bits per heavy atom. The van der Waals surface area contributed by atoms with Crippen LogP contribution in [-0.2, 0) is 54.0 Å². The lowest BCUT2D eigenvalue weighted by molar-refractivity contribution is -0.131. The molecule has 29 heteroatoms. The van der Waals surface area contributed by atoms with Crippen molar-refractivity contribution in [3.05, 3.63) is 198 Å². The highest BCUT2D eigenvalue weighted by atomic mass is 127. The van der Waals surface area contributed by atoms with Gasteiger partial charge in [0.25, 0.3) is 11.1 Å². The van der Waals surface area contributed by atoms with E-state index in [1.165, 1.54) is 57.4 Å². The van der Waals surface area contributed by atoms with Gasteiger partial charge in [0.05, 0.1) is 32.2 Å². The number of carbonyl (C=O) groups is 3. The number of nitrogens with two attached hydrogens (primary N) is 1. The number of hydrogen-bond acceptors (Lipinski definition) is 11. The van der Waals surface area contributed by atoms with Crippen LogP contribution in [0.1, 0.15) is 115 Å². The minimum Gasteiger partial charge on any atom is -0.444 e. The van der Waals surface area contributed by atoms with Gasteiger partial charge in [-0.25, -0.2) is 54.1 Å². The van der Waals surface area contributed by atoms with Crippen LogP contribution in [0, 0.1) is 67.9 Å². The van der Waals surface area contributed by atoms with Crippen LogP contribution in [0.2, 0.25) is 20.1 Å². The zero-order valence-electron chi connectivity index (χ0n) is 56.5. The zero-order valence-corrected chi connectivity index (χ0v) is 61.7. The van der Waals surface area contributed by atoms with Crippen molar-refractivity contribution >= 4 is 92.9 Å². The number of anilines is 1. The van der Waals surface area contributed by atoms with Crippen LogP contribution in [0.5, 0.6) is 0 Å². The van der Waals surface area contributed by atoms with Crippen molar-refractivity contribution in [2.24, 2.45) is 31.8 Å². The Balaban J connectivity index is 0.000000223. The summed E-state index contributed by atoms with van der Waals surface area (Å²) in [4.78, 5) is 63.2. The highest BCUT2D eigenvalue weighted by Crippen LogP contribution is 2.32. The van der Waals surface area contributed by atoms with E-state index in [1.54, 1.807) is 57.5 Å². The number of aryl methyl sites for hydroxylation is 2. The van der Waals surface area contributed by atoms with Gasteiger partial charge in [-0.05, 0) is 219 Å². The molecule has 3 N–H and O–H groups in total. The van der Waals surface area contributed by atoms with Crippen LogP contribution in [0.25, 0.3) is 0 Å². The maximum Gasteiger partial charge on any atom is 0.410 e. The fourth-order valence-corrected chi connectivity index (χ4v) is 11.8. The topological polar surface area (TPSA) is 187 Å². The molecule has 0 bridgehead atoms. The maximum atomic E-state index is 13.6. The molecule has 4 saturated heterocycles. The molecule has 4 aliphatic rings. The highest BCUT2D eigenvalue weighted by molar-refractivity contribution is 14.1. The summed E-state index contributed by atoms with van der Waals surface area (Å²) in [5.41, 5.74) is 7.29. The number of nitrogens with one attached hydrogen (secondary N) is 1. The van der Waals surface area contributed by atoms with Crippen molar-refractivity contribution in [2.75, 3.05) is 58.1 Å². The number of rotatable bonds is 8. The van der Waals surface area contributed by atoms with E-state index in [4.69, 9.17) is 61.6 Å². The normalized spacial score (nSPS) is 15.3. The number of nitrogen functional groups attached to an aromatic ring is 1. The molecule has 0 atom stereocenters. The Kier molecular flexibility index (Phi) is 32.8. The van der Waals surface area contributed by atoms with Gasteiger partial charge in [-0.3, -0.25) is 14.4 Å². The van der Waals surface area contributed by atoms with E-state index in [1.807, 2.05) is 41.5 Å². The average Bonchev–Trinajstić information content (AvgIpc) is 0.849.